The third kappa shape index (κ3) is 8.16. The summed E-state index contributed by atoms with van der Waals surface area (Å²) in [6.45, 7) is 8.61. The van der Waals surface area contributed by atoms with Crippen molar-refractivity contribution in [3.8, 4) is 0 Å². The number of aryl methyl sites for hydroxylation is 1. The van der Waals surface area contributed by atoms with Crippen molar-refractivity contribution in [3.05, 3.63) is 47.6 Å². The number of rotatable bonds is 9. The SMILES string of the molecule is CCNC(=NCCCc1nc(C(C)C)no1)NCCc1ccccc1.I. The summed E-state index contributed by atoms with van der Waals surface area (Å²) in [6.07, 6.45) is 2.62. The van der Waals surface area contributed by atoms with Crippen LogP contribution in [0, 0.1) is 0 Å². The maximum atomic E-state index is 5.25. The Bertz CT molecular complexity index is 642. The number of halogens is 1. The molecule has 144 valence electrons. The average Bonchev–Trinajstić information content (AvgIpc) is 3.09. The average molecular weight is 471 g/mol. The lowest BCUT2D eigenvalue weighted by molar-refractivity contribution is 0.369. The van der Waals surface area contributed by atoms with Crippen molar-refractivity contribution < 1.29 is 4.52 Å². The van der Waals surface area contributed by atoms with Gasteiger partial charge in [0, 0.05) is 32.0 Å². The van der Waals surface area contributed by atoms with Crippen LogP contribution in [0.3, 0.4) is 0 Å². The minimum Gasteiger partial charge on any atom is -0.357 e. The molecule has 26 heavy (non-hydrogen) atoms. The zero-order valence-electron chi connectivity index (χ0n) is 15.9. The summed E-state index contributed by atoms with van der Waals surface area (Å²) in [4.78, 5) is 8.99. The second-order valence-electron chi connectivity index (χ2n) is 6.23. The van der Waals surface area contributed by atoms with Crippen molar-refractivity contribution in [1.29, 1.82) is 0 Å². The number of nitrogens with zero attached hydrogens (tertiary/aromatic N) is 3. The first-order valence-electron chi connectivity index (χ1n) is 9.07. The van der Waals surface area contributed by atoms with Gasteiger partial charge in [-0.3, -0.25) is 4.99 Å². The highest BCUT2D eigenvalue weighted by molar-refractivity contribution is 14.0. The molecule has 0 radical (unpaired) electrons. The highest BCUT2D eigenvalue weighted by Gasteiger charge is 2.08. The van der Waals surface area contributed by atoms with Crippen LogP contribution in [-0.4, -0.2) is 35.7 Å². The maximum absolute atomic E-state index is 5.25. The second-order valence-corrected chi connectivity index (χ2v) is 6.23. The monoisotopic (exact) mass is 471 g/mol. The van der Waals surface area contributed by atoms with Crippen molar-refractivity contribution in [3.63, 3.8) is 0 Å². The summed E-state index contributed by atoms with van der Waals surface area (Å²) >= 11 is 0. The molecule has 2 rings (SSSR count). The highest BCUT2D eigenvalue weighted by Crippen LogP contribution is 2.10. The summed E-state index contributed by atoms with van der Waals surface area (Å²) < 4.78 is 5.25. The lowest BCUT2D eigenvalue weighted by Crippen LogP contribution is -2.38. The minimum absolute atomic E-state index is 0. The Hall–Kier alpha value is -1.64. The van der Waals surface area contributed by atoms with Gasteiger partial charge < -0.3 is 15.2 Å². The summed E-state index contributed by atoms with van der Waals surface area (Å²) in [7, 11) is 0. The molecule has 0 saturated carbocycles. The van der Waals surface area contributed by atoms with Gasteiger partial charge in [-0.2, -0.15) is 4.98 Å². The molecule has 0 spiro atoms. The maximum Gasteiger partial charge on any atom is 0.226 e. The fourth-order valence-corrected chi connectivity index (χ4v) is 2.34. The quantitative estimate of drug-likeness (QED) is 0.253. The molecule has 0 aliphatic carbocycles. The van der Waals surface area contributed by atoms with Gasteiger partial charge in [0.05, 0.1) is 0 Å². The highest BCUT2D eigenvalue weighted by atomic mass is 127. The van der Waals surface area contributed by atoms with Crippen LogP contribution in [0.15, 0.2) is 39.8 Å². The number of guanidine groups is 1. The molecular formula is C19H30IN5O. The zero-order chi connectivity index (χ0) is 17.9. The molecule has 0 aliphatic heterocycles. The van der Waals surface area contributed by atoms with Crippen LogP contribution in [0.5, 0.6) is 0 Å². The number of hydrogen-bond acceptors (Lipinski definition) is 4. The summed E-state index contributed by atoms with van der Waals surface area (Å²) in [6, 6.07) is 10.5. The van der Waals surface area contributed by atoms with Gasteiger partial charge in [0.15, 0.2) is 11.8 Å². The molecule has 2 N–H and O–H groups in total. The van der Waals surface area contributed by atoms with Crippen molar-refractivity contribution in [2.45, 2.75) is 46.0 Å². The van der Waals surface area contributed by atoms with E-state index in [1.165, 1.54) is 5.56 Å². The molecule has 0 amide bonds. The molecule has 0 saturated heterocycles. The largest absolute Gasteiger partial charge is 0.357 e. The number of aromatic nitrogens is 2. The number of hydrogen-bond donors (Lipinski definition) is 2. The molecular weight excluding hydrogens is 441 g/mol. The second kappa shape index (κ2) is 12.7. The first kappa shape index (κ1) is 22.4. The summed E-state index contributed by atoms with van der Waals surface area (Å²) in [5.74, 6) is 2.62. The molecule has 1 heterocycles. The van der Waals surface area contributed by atoms with Crippen molar-refractivity contribution in [2.24, 2.45) is 4.99 Å². The summed E-state index contributed by atoms with van der Waals surface area (Å²) in [5, 5.41) is 10.6. The van der Waals surface area contributed by atoms with E-state index in [9.17, 15) is 0 Å². The van der Waals surface area contributed by atoms with Gasteiger partial charge in [-0.1, -0.05) is 49.3 Å². The standard InChI is InChI=1S/C19H29N5O.HI/c1-4-20-19(22-14-12-16-9-6-5-7-10-16)21-13-8-11-17-23-18(15(2)3)24-25-17;/h5-7,9-10,15H,4,8,11-14H2,1-3H3,(H2,20,21,22);1H. The fraction of sp³-hybridized carbons (Fsp3) is 0.526. The number of benzene rings is 1. The van der Waals surface area contributed by atoms with E-state index in [0.717, 1.165) is 50.7 Å². The van der Waals surface area contributed by atoms with E-state index < -0.39 is 0 Å². The molecule has 1 aromatic carbocycles. The Balaban J connectivity index is 0.00000338. The van der Waals surface area contributed by atoms with Gasteiger partial charge in [0.1, 0.15) is 0 Å². The van der Waals surface area contributed by atoms with Crippen LogP contribution in [-0.2, 0) is 12.8 Å². The van der Waals surface area contributed by atoms with Crippen LogP contribution < -0.4 is 10.6 Å². The fourth-order valence-electron chi connectivity index (χ4n) is 2.34. The summed E-state index contributed by atoms with van der Waals surface area (Å²) in [5.41, 5.74) is 1.32. The van der Waals surface area contributed by atoms with Crippen molar-refractivity contribution >= 4 is 29.9 Å². The number of aliphatic imine (C=N–C) groups is 1. The van der Waals surface area contributed by atoms with E-state index in [0.29, 0.717) is 11.8 Å². The minimum atomic E-state index is 0. The molecule has 2 aromatic rings. The van der Waals surface area contributed by atoms with Gasteiger partial charge >= 0.3 is 0 Å². The van der Waals surface area contributed by atoms with Gasteiger partial charge in [-0.05, 0) is 25.3 Å². The molecule has 1 aromatic heterocycles. The van der Waals surface area contributed by atoms with Crippen LogP contribution in [0.2, 0.25) is 0 Å². The zero-order valence-corrected chi connectivity index (χ0v) is 18.2. The van der Waals surface area contributed by atoms with Gasteiger partial charge in [0.2, 0.25) is 5.89 Å². The lowest BCUT2D eigenvalue weighted by Gasteiger charge is -2.11. The van der Waals surface area contributed by atoms with Crippen molar-refractivity contribution in [2.75, 3.05) is 19.6 Å². The van der Waals surface area contributed by atoms with Crippen LogP contribution in [0.25, 0.3) is 0 Å². The Morgan fingerprint density at radius 2 is 1.92 bits per heavy atom. The molecule has 0 fully saturated rings. The smallest absolute Gasteiger partial charge is 0.226 e. The molecule has 6 nitrogen and oxygen atoms in total. The molecule has 0 unspecified atom stereocenters. The Labute approximate surface area is 173 Å². The predicted octanol–water partition coefficient (Wildman–Crippen LogP) is 3.54. The van der Waals surface area contributed by atoms with E-state index in [2.05, 4.69) is 70.8 Å². The van der Waals surface area contributed by atoms with Crippen LogP contribution >= 0.6 is 24.0 Å². The van der Waals surface area contributed by atoms with E-state index in [4.69, 9.17) is 4.52 Å². The molecule has 0 atom stereocenters. The Morgan fingerprint density at radius 3 is 2.58 bits per heavy atom. The number of nitrogens with one attached hydrogen (secondary N) is 2. The lowest BCUT2D eigenvalue weighted by atomic mass is 10.1. The van der Waals surface area contributed by atoms with E-state index in [1.807, 2.05) is 6.07 Å². The first-order valence-corrected chi connectivity index (χ1v) is 9.07. The molecule has 0 bridgehead atoms. The van der Waals surface area contributed by atoms with Gasteiger partial charge in [-0.15, -0.1) is 24.0 Å². The predicted molar refractivity (Wildman–Crippen MR) is 116 cm³/mol. The third-order valence-corrected chi connectivity index (χ3v) is 3.71. The third-order valence-electron chi connectivity index (χ3n) is 3.71. The van der Waals surface area contributed by atoms with Crippen LogP contribution in [0.4, 0.5) is 0 Å². The molecule has 0 aliphatic rings. The Kier molecular flexibility index (Phi) is 10.9. The topological polar surface area (TPSA) is 75.3 Å². The molecule has 7 heteroatoms. The van der Waals surface area contributed by atoms with Gasteiger partial charge in [0.25, 0.3) is 0 Å². The van der Waals surface area contributed by atoms with Crippen LogP contribution in [0.1, 0.15) is 50.4 Å². The Morgan fingerprint density at radius 1 is 1.15 bits per heavy atom. The van der Waals surface area contributed by atoms with E-state index in [-0.39, 0.29) is 24.0 Å². The van der Waals surface area contributed by atoms with Crippen molar-refractivity contribution in [1.82, 2.24) is 20.8 Å². The first-order chi connectivity index (χ1) is 12.2. The van der Waals surface area contributed by atoms with Gasteiger partial charge in [-0.25, -0.2) is 0 Å². The van der Waals surface area contributed by atoms with E-state index in [1.54, 1.807) is 0 Å². The van der Waals surface area contributed by atoms with E-state index >= 15 is 0 Å². The normalized spacial score (nSPS) is 11.3.